The van der Waals surface area contributed by atoms with Crippen molar-refractivity contribution in [2.45, 2.75) is 29.3 Å². The van der Waals surface area contributed by atoms with Gasteiger partial charge in [0.1, 0.15) is 5.82 Å². The van der Waals surface area contributed by atoms with Crippen LogP contribution in [-0.2, 0) is 31.5 Å². The second kappa shape index (κ2) is 4.44. The fraction of sp³-hybridized carbons (Fsp3) is 0.500. The molecule has 0 radical (unpaired) electrons. The van der Waals surface area contributed by atoms with Gasteiger partial charge in [-0.1, -0.05) is 0 Å². The lowest BCUT2D eigenvalue weighted by Crippen LogP contribution is -2.27. The van der Waals surface area contributed by atoms with Crippen LogP contribution in [0.3, 0.4) is 0 Å². The molecule has 1 saturated heterocycles. The van der Waals surface area contributed by atoms with Gasteiger partial charge in [-0.3, -0.25) is 0 Å². The Bertz CT molecular complexity index is 651. The van der Waals surface area contributed by atoms with Crippen LogP contribution in [-0.4, -0.2) is 27.4 Å². The first-order valence-corrected chi connectivity index (χ1v) is 7.55. The van der Waals surface area contributed by atoms with Gasteiger partial charge >= 0.3 is 5.76 Å². The first kappa shape index (κ1) is 13.8. The van der Waals surface area contributed by atoms with Crippen LogP contribution in [0.15, 0.2) is 17.0 Å². The summed E-state index contributed by atoms with van der Waals surface area (Å²) < 4.78 is 73.7. The fourth-order valence-electron chi connectivity index (χ4n) is 2.75. The molecule has 1 aromatic rings. The summed E-state index contributed by atoms with van der Waals surface area (Å²) in [5.74, 6) is -5.62. The fourth-order valence-corrected chi connectivity index (χ4v) is 3.77. The lowest BCUT2D eigenvalue weighted by molar-refractivity contribution is -0.164. The van der Waals surface area contributed by atoms with Crippen LogP contribution in [0.4, 0.5) is 13.2 Å². The molecular weight excluding hydrogens is 297 g/mol. The zero-order chi connectivity index (χ0) is 14.5. The number of hydrogen-bond donors (Lipinski definition) is 0. The van der Waals surface area contributed by atoms with Gasteiger partial charge in [0.2, 0.25) is 9.84 Å². The smallest absolute Gasteiger partial charge is 0.341 e. The third-order valence-electron chi connectivity index (χ3n) is 3.60. The highest BCUT2D eigenvalue weighted by molar-refractivity contribution is 7.91. The zero-order valence-corrected chi connectivity index (χ0v) is 11.1. The Kier molecular flexibility index (Phi) is 3.07. The number of rotatable bonds is 2. The number of benzene rings is 1. The molecule has 0 saturated carbocycles. The Morgan fingerprint density at radius 2 is 1.85 bits per heavy atom. The summed E-state index contributed by atoms with van der Waals surface area (Å²) in [6, 6.07) is 1.75. The van der Waals surface area contributed by atoms with Gasteiger partial charge in [0.05, 0.1) is 18.1 Å². The molecule has 20 heavy (non-hydrogen) atoms. The van der Waals surface area contributed by atoms with Crippen molar-refractivity contribution in [2.75, 3.05) is 13.2 Å². The van der Waals surface area contributed by atoms with E-state index in [0.29, 0.717) is 0 Å². The van der Waals surface area contributed by atoms with Gasteiger partial charge in [0.25, 0.3) is 0 Å². The molecule has 0 atom stereocenters. The van der Waals surface area contributed by atoms with E-state index < -0.39 is 32.1 Å². The third kappa shape index (κ3) is 1.78. The van der Waals surface area contributed by atoms with Gasteiger partial charge < -0.3 is 9.47 Å². The molecule has 1 aliphatic heterocycles. The molecule has 0 amide bonds. The monoisotopic (exact) mass is 308 g/mol. The first-order chi connectivity index (χ1) is 9.38. The first-order valence-electron chi connectivity index (χ1n) is 6.00. The maximum atomic E-state index is 13.8. The summed E-state index contributed by atoms with van der Waals surface area (Å²) in [6.07, 6.45) is 0.406. The van der Waals surface area contributed by atoms with Crippen LogP contribution in [0.25, 0.3) is 0 Å². The van der Waals surface area contributed by atoms with Gasteiger partial charge in [-0.15, -0.1) is 0 Å². The highest BCUT2D eigenvalue weighted by Crippen LogP contribution is 2.47. The van der Waals surface area contributed by atoms with Crippen molar-refractivity contribution in [1.29, 1.82) is 0 Å². The molecule has 0 aromatic heterocycles. The number of ether oxygens (including phenoxy) is 2. The summed E-state index contributed by atoms with van der Waals surface area (Å²) in [6.45, 7) is 0.425. The number of fused-ring (bicyclic) bond motifs is 2. The van der Waals surface area contributed by atoms with Crippen molar-refractivity contribution < 1.29 is 31.1 Å². The Hall–Kier alpha value is -1.12. The van der Waals surface area contributed by atoms with Gasteiger partial charge in [-0.05, 0) is 24.1 Å². The van der Waals surface area contributed by atoms with E-state index in [4.69, 9.17) is 9.47 Å². The van der Waals surface area contributed by atoms with Crippen molar-refractivity contribution in [2.24, 2.45) is 0 Å². The van der Waals surface area contributed by atoms with Crippen molar-refractivity contribution >= 4 is 9.84 Å². The molecule has 110 valence electrons. The van der Waals surface area contributed by atoms with Crippen LogP contribution in [0, 0.1) is 5.82 Å². The van der Waals surface area contributed by atoms with E-state index in [0.717, 1.165) is 12.1 Å². The molecule has 0 unspecified atom stereocenters. The molecule has 0 bridgehead atoms. The number of alkyl halides is 2. The standard InChI is InChI=1S/C12H11F3O4S/c13-8-1-2-9(20(16,17)11(14)15)10-7(8)3-4-12(10)18-5-6-19-12/h1-2,11H,3-6H2. The maximum absolute atomic E-state index is 13.8. The summed E-state index contributed by atoms with van der Waals surface area (Å²) in [7, 11) is -4.84. The van der Waals surface area contributed by atoms with Crippen LogP contribution in [0.2, 0.25) is 0 Å². The predicted molar refractivity (Wildman–Crippen MR) is 61.5 cm³/mol. The van der Waals surface area contributed by atoms with E-state index in [9.17, 15) is 21.6 Å². The van der Waals surface area contributed by atoms with E-state index >= 15 is 0 Å². The summed E-state index contributed by atoms with van der Waals surface area (Å²) in [4.78, 5) is -0.608. The highest BCUT2D eigenvalue weighted by Gasteiger charge is 2.49. The van der Waals surface area contributed by atoms with Crippen LogP contribution < -0.4 is 0 Å². The maximum Gasteiger partial charge on any atom is 0.341 e. The number of halogens is 3. The van der Waals surface area contributed by atoms with E-state index in [-0.39, 0.29) is 37.2 Å². The minimum Gasteiger partial charge on any atom is -0.343 e. The Labute approximate surface area is 113 Å². The topological polar surface area (TPSA) is 52.6 Å². The Balaban J connectivity index is 2.27. The number of sulfone groups is 1. The quantitative estimate of drug-likeness (QED) is 0.784. The minimum atomic E-state index is -4.84. The van der Waals surface area contributed by atoms with E-state index in [1.54, 1.807) is 0 Å². The average molecular weight is 308 g/mol. The normalized spacial score (nSPS) is 20.8. The molecule has 1 fully saturated rings. The molecule has 2 aliphatic rings. The van der Waals surface area contributed by atoms with E-state index in [2.05, 4.69) is 0 Å². The Morgan fingerprint density at radius 3 is 2.45 bits per heavy atom. The largest absolute Gasteiger partial charge is 0.343 e. The summed E-state index contributed by atoms with van der Waals surface area (Å²) in [5.41, 5.74) is -0.0241. The van der Waals surface area contributed by atoms with Gasteiger partial charge in [0, 0.05) is 12.0 Å². The lowest BCUT2D eigenvalue weighted by atomic mass is 10.1. The molecule has 4 nitrogen and oxygen atoms in total. The van der Waals surface area contributed by atoms with E-state index in [1.165, 1.54) is 0 Å². The Morgan fingerprint density at radius 1 is 1.20 bits per heavy atom. The number of hydrogen-bond acceptors (Lipinski definition) is 4. The van der Waals surface area contributed by atoms with Crippen molar-refractivity contribution in [3.05, 3.63) is 29.1 Å². The van der Waals surface area contributed by atoms with Crippen molar-refractivity contribution in [3.63, 3.8) is 0 Å². The van der Waals surface area contributed by atoms with E-state index in [1.807, 2.05) is 0 Å². The third-order valence-corrected chi connectivity index (χ3v) is 5.02. The van der Waals surface area contributed by atoms with Gasteiger partial charge in [-0.2, -0.15) is 8.78 Å². The molecular formula is C12H11F3O4S. The van der Waals surface area contributed by atoms with Crippen molar-refractivity contribution in [3.8, 4) is 0 Å². The predicted octanol–water partition coefficient (Wildman–Crippen LogP) is 1.97. The van der Waals surface area contributed by atoms with Gasteiger partial charge in [0.15, 0.2) is 5.79 Å². The molecule has 1 aromatic carbocycles. The zero-order valence-electron chi connectivity index (χ0n) is 10.2. The molecule has 8 heteroatoms. The second-order valence-corrected chi connectivity index (χ2v) is 6.54. The average Bonchev–Trinajstić information content (AvgIpc) is 3.00. The molecule has 1 heterocycles. The SMILES string of the molecule is O=S(=O)(c1ccc(F)c2c1C1(CC2)OCCO1)C(F)F. The van der Waals surface area contributed by atoms with Crippen LogP contribution in [0.5, 0.6) is 0 Å². The minimum absolute atomic E-state index is 0.0774. The summed E-state index contributed by atoms with van der Waals surface area (Å²) >= 11 is 0. The van der Waals surface area contributed by atoms with Gasteiger partial charge in [-0.25, -0.2) is 12.8 Å². The second-order valence-electron chi connectivity index (χ2n) is 4.65. The van der Waals surface area contributed by atoms with Crippen molar-refractivity contribution in [1.82, 2.24) is 0 Å². The van der Waals surface area contributed by atoms with Crippen LogP contribution in [0.1, 0.15) is 17.5 Å². The molecule has 0 N–H and O–H groups in total. The lowest BCUT2D eigenvalue weighted by Gasteiger charge is -2.25. The highest BCUT2D eigenvalue weighted by atomic mass is 32.2. The molecule has 3 rings (SSSR count). The molecule has 1 aliphatic carbocycles. The van der Waals surface area contributed by atoms with Crippen LogP contribution >= 0.6 is 0 Å². The molecule has 1 spiro atoms. The summed E-state index contributed by atoms with van der Waals surface area (Å²) in [5, 5.41) is 0.